The quantitative estimate of drug-likeness (QED) is 0.551. The van der Waals surface area contributed by atoms with E-state index in [1.807, 2.05) is 13.8 Å². The minimum absolute atomic E-state index is 0.0269. The van der Waals surface area contributed by atoms with E-state index >= 15 is 0 Å². The smallest absolute Gasteiger partial charge is 0.302 e. The van der Waals surface area contributed by atoms with Gasteiger partial charge in [-0.05, 0) is 87.9 Å². The molecular weight excluding hydrogens is 392 g/mol. The Kier molecular flexibility index (Phi) is 4.96. The average Bonchev–Trinajstić information content (AvgIpc) is 2.91. The fourth-order valence-corrected chi connectivity index (χ4v) is 9.28. The molecule has 0 bridgehead atoms. The summed E-state index contributed by atoms with van der Waals surface area (Å²) >= 11 is 0. The topological polar surface area (TPSA) is 61.8 Å². The summed E-state index contributed by atoms with van der Waals surface area (Å²) < 4.78 is 18.3. The van der Waals surface area contributed by atoms with Crippen molar-refractivity contribution in [2.24, 2.45) is 40.4 Å². The Bertz CT molecular complexity index is 776. The number of hydrogen-bond acceptors (Lipinski definition) is 5. The first-order valence-corrected chi connectivity index (χ1v) is 12.5. The van der Waals surface area contributed by atoms with E-state index in [1.54, 1.807) is 0 Å². The van der Waals surface area contributed by atoms with Gasteiger partial charge < -0.3 is 14.2 Å². The molecule has 0 N–H and O–H groups in total. The molecule has 0 aromatic heterocycles. The molecule has 31 heavy (non-hydrogen) atoms. The second kappa shape index (κ2) is 7.03. The number of ether oxygens (including phenoxy) is 3. The number of carbonyl (C=O) groups is 2. The molecule has 5 fully saturated rings. The first kappa shape index (κ1) is 21.9. The molecule has 10 atom stereocenters. The van der Waals surface area contributed by atoms with Crippen molar-refractivity contribution in [1.29, 1.82) is 0 Å². The molecule has 4 aliphatic carbocycles. The molecule has 5 rings (SSSR count). The molecule has 0 radical (unpaired) electrons. The fourth-order valence-electron chi connectivity index (χ4n) is 9.28. The normalized spacial score (nSPS) is 53.0. The minimum atomic E-state index is -0.549. The summed E-state index contributed by atoms with van der Waals surface area (Å²) in [4.78, 5) is 25.3. The van der Waals surface area contributed by atoms with Crippen LogP contribution < -0.4 is 0 Å². The van der Waals surface area contributed by atoms with Crippen LogP contribution >= 0.6 is 0 Å². The van der Waals surface area contributed by atoms with Crippen molar-refractivity contribution in [2.75, 3.05) is 0 Å². The SMILES string of the molecule is CC(=O)O[C@H]1CC[C@@]2(C)[C@@H](CC[C@H]3[C@@H]4C[C@@H]5OC(C)(C)O[C@@H](C)[C@@H]5[C@@]4(C)CC(=O)[C@@H]32)C1. The Balaban J connectivity index is 1.42. The van der Waals surface area contributed by atoms with Crippen LogP contribution in [0.1, 0.15) is 86.5 Å². The number of Topliss-reactive ketones (excluding diaryl/α,β-unsaturated/α-hetero) is 1. The van der Waals surface area contributed by atoms with Crippen LogP contribution in [0.2, 0.25) is 0 Å². The predicted octanol–water partition coefficient (Wildman–Crippen LogP) is 4.91. The summed E-state index contributed by atoms with van der Waals surface area (Å²) in [5, 5.41) is 0. The van der Waals surface area contributed by atoms with E-state index in [1.165, 1.54) is 6.92 Å². The molecule has 0 aromatic rings. The Morgan fingerprint density at radius 3 is 2.48 bits per heavy atom. The van der Waals surface area contributed by atoms with Gasteiger partial charge in [-0.2, -0.15) is 0 Å². The lowest BCUT2D eigenvalue weighted by Gasteiger charge is -2.60. The highest BCUT2D eigenvalue weighted by atomic mass is 16.7. The van der Waals surface area contributed by atoms with E-state index in [0.717, 1.165) is 38.5 Å². The van der Waals surface area contributed by atoms with Gasteiger partial charge in [0.15, 0.2) is 5.79 Å². The van der Waals surface area contributed by atoms with Gasteiger partial charge in [-0.1, -0.05) is 13.8 Å². The van der Waals surface area contributed by atoms with E-state index in [9.17, 15) is 9.59 Å². The van der Waals surface area contributed by atoms with Gasteiger partial charge in [0, 0.05) is 25.2 Å². The minimum Gasteiger partial charge on any atom is -0.463 e. The van der Waals surface area contributed by atoms with Crippen molar-refractivity contribution in [3.8, 4) is 0 Å². The third kappa shape index (κ3) is 3.24. The molecule has 5 nitrogen and oxygen atoms in total. The van der Waals surface area contributed by atoms with Gasteiger partial charge in [-0.3, -0.25) is 9.59 Å². The molecule has 1 heterocycles. The van der Waals surface area contributed by atoms with Crippen LogP contribution in [0.15, 0.2) is 0 Å². The number of carbonyl (C=O) groups excluding carboxylic acids is 2. The molecule has 5 aliphatic rings. The summed E-state index contributed by atoms with van der Waals surface area (Å²) in [5.41, 5.74) is 0.00492. The van der Waals surface area contributed by atoms with Crippen LogP contribution in [0.4, 0.5) is 0 Å². The first-order valence-electron chi connectivity index (χ1n) is 12.5. The van der Waals surface area contributed by atoms with Crippen molar-refractivity contribution in [1.82, 2.24) is 0 Å². The lowest BCUT2D eigenvalue weighted by molar-refractivity contribution is -0.320. The van der Waals surface area contributed by atoms with Gasteiger partial charge in [-0.25, -0.2) is 0 Å². The molecular formula is C26H40O5. The second-order valence-corrected chi connectivity index (χ2v) is 12.3. The van der Waals surface area contributed by atoms with Gasteiger partial charge in [-0.15, -0.1) is 0 Å². The van der Waals surface area contributed by atoms with Gasteiger partial charge >= 0.3 is 5.97 Å². The van der Waals surface area contributed by atoms with E-state index in [4.69, 9.17) is 14.2 Å². The summed E-state index contributed by atoms with van der Waals surface area (Å²) in [6, 6.07) is 0. The van der Waals surface area contributed by atoms with E-state index < -0.39 is 5.79 Å². The lowest BCUT2D eigenvalue weighted by Crippen LogP contribution is -2.59. The van der Waals surface area contributed by atoms with Gasteiger partial charge in [0.1, 0.15) is 11.9 Å². The van der Waals surface area contributed by atoms with Gasteiger partial charge in [0.2, 0.25) is 0 Å². The number of fused-ring (bicyclic) bond motifs is 7. The number of ketones is 1. The van der Waals surface area contributed by atoms with Crippen molar-refractivity contribution in [3.63, 3.8) is 0 Å². The summed E-state index contributed by atoms with van der Waals surface area (Å²) in [5.74, 6) is 1.62. The molecule has 0 amide bonds. The molecule has 0 aromatic carbocycles. The van der Waals surface area contributed by atoms with Crippen molar-refractivity contribution in [3.05, 3.63) is 0 Å². The van der Waals surface area contributed by atoms with Gasteiger partial charge in [0.05, 0.1) is 12.2 Å². The maximum atomic E-state index is 13.8. The molecule has 1 aliphatic heterocycles. The Hall–Kier alpha value is -0.940. The molecule has 5 heteroatoms. The second-order valence-electron chi connectivity index (χ2n) is 12.3. The van der Waals surface area contributed by atoms with E-state index in [2.05, 4.69) is 20.8 Å². The highest BCUT2D eigenvalue weighted by molar-refractivity contribution is 5.84. The largest absolute Gasteiger partial charge is 0.463 e. The molecule has 1 saturated heterocycles. The highest BCUT2D eigenvalue weighted by Gasteiger charge is 2.67. The summed E-state index contributed by atoms with van der Waals surface area (Å²) in [6.45, 7) is 12.4. The summed E-state index contributed by atoms with van der Waals surface area (Å²) in [6.07, 6.45) is 7.09. The fraction of sp³-hybridized carbons (Fsp3) is 0.923. The third-order valence-electron chi connectivity index (χ3n) is 10.1. The van der Waals surface area contributed by atoms with E-state index in [-0.39, 0.29) is 41.0 Å². The predicted molar refractivity (Wildman–Crippen MR) is 116 cm³/mol. The van der Waals surface area contributed by atoms with Crippen LogP contribution in [0.25, 0.3) is 0 Å². The van der Waals surface area contributed by atoms with Gasteiger partial charge in [0.25, 0.3) is 0 Å². The van der Waals surface area contributed by atoms with Crippen LogP contribution in [0.3, 0.4) is 0 Å². The van der Waals surface area contributed by atoms with Crippen LogP contribution in [0, 0.1) is 40.4 Å². The zero-order valence-corrected chi connectivity index (χ0v) is 20.1. The van der Waals surface area contributed by atoms with Crippen LogP contribution in [-0.4, -0.2) is 35.9 Å². The molecule has 0 spiro atoms. The molecule has 4 saturated carbocycles. The maximum absolute atomic E-state index is 13.8. The van der Waals surface area contributed by atoms with Crippen molar-refractivity contribution < 1.29 is 23.8 Å². The molecule has 174 valence electrons. The highest BCUT2D eigenvalue weighted by Crippen LogP contribution is 2.68. The Morgan fingerprint density at radius 2 is 1.77 bits per heavy atom. The number of esters is 1. The monoisotopic (exact) mass is 432 g/mol. The van der Waals surface area contributed by atoms with Crippen molar-refractivity contribution >= 4 is 11.8 Å². The number of rotatable bonds is 1. The van der Waals surface area contributed by atoms with Crippen LogP contribution in [-0.2, 0) is 23.8 Å². The van der Waals surface area contributed by atoms with E-state index in [0.29, 0.717) is 35.9 Å². The third-order valence-corrected chi connectivity index (χ3v) is 10.1. The first-order chi connectivity index (χ1) is 14.4. The molecule has 0 unspecified atom stereocenters. The standard InChI is InChI=1S/C26H40O5/c1-14-22-21(31-24(3,4)30-14)12-19-18-8-7-16-11-17(29-15(2)27)9-10-25(16,5)23(18)20(28)13-26(19,22)6/h14,16-19,21-23H,7-13H2,1-6H3/t14-,16-,17-,18-,19-,21-,22-,23+,25-,26-/m0/s1. The maximum Gasteiger partial charge on any atom is 0.302 e. The zero-order valence-electron chi connectivity index (χ0n) is 20.1. The number of hydrogen-bond donors (Lipinski definition) is 0. The summed E-state index contributed by atoms with van der Waals surface area (Å²) in [7, 11) is 0. The van der Waals surface area contributed by atoms with Crippen LogP contribution in [0.5, 0.6) is 0 Å². The Morgan fingerprint density at radius 1 is 1.03 bits per heavy atom. The van der Waals surface area contributed by atoms with Crippen molar-refractivity contribution in [2.45, 2.75) is 111 Å². The average molecular weight is 433 g/mol. The zero-order chi connectivity index (χ0) is 22.3. The Labute approximate surface area is 186 Å². The lowest BCUT2D eigenvalue weighted by atomic mass is 9.44.